The second-order valence-electron chi connectivity index (χ2n) is 8.95. The van der Waals surface area contributed by atoms with E-state index in [1.165, 1.54) is 0 Å². The quantitative estimate of drug-likeness (QED) is 0.541. The van der Waals surface area contributed by atoms with Crippen LogP contribution in [0.4, 0.5) is 5.69 Å². The molecule has 0 heterocycles. The zero-order valence-corrected chi connectivity index (χ0v) is 19.5. The summed E-state index contributed by atoms with van der Waals surface area (Å²) in [5, 5.41) is 7.35. The fraction of sp³-hybridized carbons (Fsp3) is 0.321. The van der Waals surface area contributed by atoms with Gasteiger partial charge in [0.25, 0.3) is 5.91 Å². The summed E-state index contributed by atoms with van der Waals surface area (Å²) < 4.78 is 0. The SMILES string of the molecule is Cc1cccc(NC(=O)CNC(=O)CN(C(=O)c2cccc3ccccc23)C2CCCCC2)c1. The lowest BCUT2D eigenvalue weighted by Gasteiger charge is -2.34. The third-order valence-electron chi connectivity index (χ3n) is 6.36. The Hall–Kier alpha value is -3.67. The molecule has 1 aliphatic rings. The average molecular weight is 458 g/mol. The van der Waals surface area contributed by atoms with Gasteiger partial charge in [-0.25, -0.2) is 0 Å². The minimum atomic E-state index is -0.335. The van der Waals surface area contributed by atoms with E-state index in [9.17, 15) is 14.4 Å². The van der Waals surface area contributed by atoms with Crippen molar-refractivity contribution in [2.24, 2.45) is 0 Å². The minimum Gasteiger partial charge on any atom is -0.345 e. The number of carbonyl (C=O) groups excluding carboxylic acids is 3. The van der Waals surface area contributed by atoms with Crippen LogP contribution in [0.1, 0.15) is 48.0 Å². The molecule has 1 saturated carbocycles. The molecule has 0 radical (unpaired) electrons. The number of nitrogens with one attached hydrogen (secondary N) is 2. The maximum absolute atomic E-state index is 13.7. The van der Waals surface area contributed by atoms with Crippen LogP contribution >= 0.6 is 0 Å². The van der Waals surface area contributed by atoms with Crippen LogP contribution < -0.4 is 10.6 Å². The first kappa shape index (κ1) is 23.5. The Kier molecular flexibility index (Phi) is 7.58. The van der Waals surface area contributed by atoms with E-state index in [1.54, 1.807) is 11.0 Å². The van der Waals surface area contributed by atoms with E-state index in [2.05, 4.69) is 10.6 Å². The minimum absolute atomic E-state index is 0.0205. The zero-order chi connectivity index (χ0) is 23.9. The number of aryl methyl sites for hydroxylation is 1. The molecule has 1 fully saturated rings. The first-order valence-electron chi connectivity index (χ1n) is 11.9. The largest absolute Gasteiger partial charge is 0.345 e. The van der Waals surface area contributed by atoms with E-state index in [4.69, 9.17) is 0 Å². The second kappa shape index (κ2) is 11.0. The van der Waals surface area contributed by atoms with Gasteiger partial charge in [0.15, 0.2) is 0 Å². The van der Waals surface area contributed by atoms with Crippen LogP contribution in [-0.2, 0) is 9.59 Å². The highest BCUT2D eigenvalue weighted by Gasteiger charge is 2.29. The van der Waals surface area contributed by atoms with Crippen molar-refractivity contribution in [1.29, 1.82) is 0 Å². The molecule has 0 bridgehead atoms. The molecule has 2 N–H and O–H groups in total. The summed E-state index contributed by atoms with van der Waals surface area (Å²) in [7, 11) is 0. The van der Waals surface area contributed by atoms with Crippen LogP contribution in [0.3, 0.4) is 0 Å². The van der Waals surface area contributed by atoms with Crippen LogP contribution in [0.25, 0.3) is 10.8 Å². The fourth-order valence-corrected chi connectivity index (χ4v) is 4.64. The number of fused-ring (bicyclic) bond motifs is 1. The lowest BCUT2D eigenvalue weighted by atomic mass is 9.93. The van der Waals surface area contributed by atoms with Gasteiger partial charge in [-0.1, -0.05) is 67.8 Å². The summed E-state index contributed by atoms with van der Waals surface area (Å²) in [6.45, 7) is 1.74. The van der Waals surface area contributed by atoms with Gasteiger partial charge in [-0.2, -0.15) is 0 Å². The van der Waals surface area contributed by atoms with Gasteiger partial charge in [0, 0.05) is 17.3 Å². The molecule has 3 aromatic rings. The van der Waals surface area contributed by atoms with Gasteiger partial charge in [0.05, 0.1) is 6.54 Å². The Morgan fingerprint density at radius 1 is 0.882 bits per heavy atom. The number of benzene rings is 3. The van der Waals surface area contributed by atoms with Gasteiger partial charge in [0.2, 0.25) is 11.8 Å². The Morgan fingerprint density at radius 2 is 1.62 bits per heavy atom. The van der Waals surface area contributed by atoms with Crippen LogP contribution in [0, 0.1) is 6.92 Å². The molecule has 34 heavy (non-hydrogen) atoms. The molecule has 6 nitrogen and oxygen atoms in total. The number of amides is 3. The number of hydrogen-bond acceptors (Lipinski definition) is 3. The molecule has 1 aliphatic carbocycles. The lowest BCUT2D eigenvalue weighted by molar-refractivity contribution is -0.125. The Balaban J connectivity index is 1.45. The maximum Gasteiger partial charge on any atom is 0.255 e. The highest BCUT2D eigenvalue weighted by molar-refractivity contribution is 6.08. The van der Waals surface area contributed by atoms with E-state index in [-0.39, 0.29) is 36.9 Å². The first-order valence-corrected chi connectivity index (χ1v) is 11.9. The number of carbonyl (C=O) groups is 3. The van der Waals surface area contributed by atoms with Gasteiger partial charge in [-0.3, -0.25) is 14.4 Å². The first-order chi connectivity index (χ1) is 16.5. The van der Waals surface area contributed by atoms with E-state index in [1.807, 2.05) is 67.6 Å². The van der Waals surface area contributed by atoms with Crippen molar-refractivity contribution < 1.29 is 14.4 Å². The van der Waals surface area contributed by atoms with E-state index >= 15 is 0 Å². The summed E-state index contributed by atoms with van der Waals surface area (Å²) in [5.41, 5.74) is 2.33. The molecule has 3 amide bonds. The molecule has 0 aliphatic heterocycles. The number of nitrogens with zero attached hydrogens (tertiary/aromatic N) is 1. The van der Waals surface area contributed by atoms with Crippen molar-refractivity contribution in [2.75, 3.05) is 18.4 Å². The van der Waals surface area contributed by atoms with Crippen molar-refractivity contribution in [2.45, 2.75) is 45.1 Å². The van der Waals surface area contributed by atoms with Crippen LogP contribution in [0.5, 0.6) is 0 Å². The summed E-state index contributed by atoms with van der Waals surface area (Å²) >= 11 is 0. The summed E-state index contributed by atoms with van der Waals surface area (Å²) in [6.07, 6.45) is 5.02. The molecule has 176 valence electrons. The predicted molar refractivity (Wildman–Crippen MR) is 135 cm³/mol. The van der Waals surface area contributed by atoms with Crippen molar-refractivity contribution in [3.63, 3.8) is 0 Å². The standard InChI is InChI=1S/C28H31N3O3/c1-20-9-7-12-22(17-20)30-26(32)18-29-27(33)19-31(23-13-3-2-4-14-23)28(34)25-16-8-11-21-10-5-6-15-24(21)25/h5-12,15-17,23H,2-4,13-14,18-19H2,1H3,(H,29,33)(H,30,32). The molecule has 0 spiro atoms. The van der Waals surface area contributed by atoms with Crippen molar-refractivity contribution >= 4 is 34.2 Å². The molecule has 4 rings (SSSR count). The Bertz CT molecular complexity index is 1180. The van der Waals surface area contributed by atoms with Crippen molar-refractivity contribution in [1.82, 2.24) is 10.2 Å². The predicted octanol–water partition coefficient (Wildman–Crippen LogP) is 4.68. The van der Waals surface area contributed by atoms with Gasteiger partial charge < -0.3 is 15.5 Å². The van der Waals surface area contributed by atoms with Gasteiger partial charge in [-0.05, 0) is 54.3 Å². The lowest BCUT2D eigenvalue weighted by Crippen LogP contribution is -2.48. The molecule has 0 saturated heterocycles. The smallest absolute Gasteiger partial charge is 0.255 e. The second-order valence-corrected chi connectivity index (χ2v) is 8.95. The Labute approximate surface area is 200 Å². The van der Waals surface area contributed by atoms with Gasteiger partial charge >= 0.3 is 0 Å². The van der Waals surface area contributed by atoms with E-state index < -0.39 is 0 Å². The van der Waals surface area contributed by atoms with Gasteiger partial charge in [-0.15, -0.1) is 0 Å². The molecular formula is C28H31N3O3. The Morgan fingerprint density at radius 3 is 2.41 bits per heavy atom. The molecule has 6 heteroatoms. The van der Waals surface area contributed by atoms with Crippen molar-refractivity contribution in [3.8, 4) is 0 Å². The number of anilines is 1. The summed E-state index contributed by atoms with van der Waals surface area (Å²) in [6, 6.07) is 21.0. The third kappa shape index (κ3) is 5.81. The molecule has 0 atom stereocenters. The van der Waals surface area contributed by atoms with Crippen LogP contribution in [-0.4, -0.2) is 41.8 Å². The number of hydrogen-bond donors (Lipinski definition) is 2. The summed E-state index contributed by atoms with van der Waals surface area (Å²) in [4.78, 5) is 40.5. The zero-order valence-electron chi connectivity index (χ0n) is 19.5. The topological polar surface area (TPSA) is 78.5 Å². The van der Waals surface area contributed by atoms with Gasteiger partial charge in [0.1, 0.15) is 6.54 Å². The summed E-state index contributed by atoms with van der Waals surface area (Å²) in [5.74, 6) is -0.773. The molecular weight excluding hydrogens is 426 g/mol. The molecule has 0 aromatic heterocycles. The third-order valence-corrected chi connectivity index (χ3v) is 6.36. The maximum atomic E-state index is 13.7. The van der Waals surface area contributed by atoms with E-state index in [0.29, 0.717) is 11.3 Å². The van der Waals surface area contributed by atoms with Crippen molar-refractivity contribution in [3.05, 3.63) is 77.9 Å². The normalized spacial score (nSPS) is 13.9. The highest BCUT2D eigenvalue weighted by Crippen LogP contribution is 2.26. The van der Waals surface area contributed by atoms with Crippen LogP contribution in [0.15, 0.2) is 66.7 Å². The fourth-order valence-electron chi connectivity index (χ4n) is 4.64. The average Bonchev–Trinajstić information content (AvgIpc) is 2.86. The number of rotatable bonds is 7. The van der Waals surface area contributed by atoms with Crippen LogP contribution in [0.2, 0.25) is 0 Å². The molecule has 3 aromatic carbocycles. The molecule has 0 unspecified atom stereocenters. The van der Waals surface area contributed by atoms with E-state index in [0.717, 1.165) is 48.4 Å². The monoisotopic (exact) mass is 457 g/mol. The highest BCUT2D eigenvalue weighted by atomic mass is 16.2.